The van der Waals surface area contributed by atoms with Crippen molar-refractivity contribution >= 4 is 21.9 Å². The molecule has 10 heavy (non-hydrogen) atoms. The van der Waals surface area contributed by atoms with Crippen LogP contribution in [0.2, 0.25) is 0 Å². The first-order valence-electron chi connectivity index (χ1n) is 2.69. The first-order chi connectivity index (χ1) is 4.48. The molecule has 0 aliphatic carbocycles. The number of thioether (sulfide) groups is 1. The molecule has 4 nitrogen and oxygen atoms in total. The van der Waals surface area contributed by atoms with Crippen LogP contribution < -0.4 is 5.73 Å². The number of hydrogen-bond donors (Lipinski definition) is 2. The molecule has 62 valence electrons. The molecule has 0 aromatic rings. The SMILES string of the molecule is CSCC[C@H](N)S(=O)(=O)O. The molecule has 0 aliphatic heterocycles. The van der Waals surface area contributed by atoms with Crippen LogP contribution in [0.3, 0.4) is 0 Å². The van der Waals surface area contributed by atoms with Crippen molar-refractivity contribution in [2.24, 2.45) is 5.73 Å². The second-order valence-corrected chi connectivity index (χ2v) is 4.46. The Balaban J connectivity index is 3.75. The number of rotatable bonds is 4. The predicted molar refractivity (Wildman–Crippen MR) is 42.5 cm³/mol. The molecule has 0 radical (unpaired) electrons. The molecule has 0 fully saturated rings. The minimum atomic E-state index is -4.01. The Morgan fingerprint density at radius 3 is 2.50 bits per heavy atom. The fourth-order valence-corrected chi connectivity index (χ4v) is 1.44. The van der Waals surface area contributed by atoms with Gasteiger partial charge in [0.25, 0.3) is 10.1 Å². The van der Waals surface area contributed by atoms with E-state index in [2.05, 4.69) is 0 Å². The van der Waals surface area contributed by atoms with E-state index in [1.165, 1.54) is 11.8 Å². The predicted octanol–water partition coefficient (Wildman–Crippen LogP) is -0.0879. The Labute approximate surface area is 64.9 Å². The largest absolute Gasteiger partial charge is 0.313 e. The van der Waals surface area contributed by atoms with Crippen LogP contribution in [0.5, 0.6) is 0 Å². The highest BCUT2D eigenvalue weighted by Crippen LogP contribution is 2.02. The van der Waals surface area contributed by atoms with E-state index in [9.17, 15) is 8.42 Å². The average molecular weight is 185 g/mol. The molecule has 0 unspecified atom stereocenters. The van der Waals surface area contributed by atoms with E-state index in [-0.39, 0.29) is 0 Å². The van der Waals surface area contributed by atoms with Gasteiger partial charge in [0, 0.05) is 0 Å². The topological polar surface area (TPSA) is 80.4 Å². The summed E-state index contributed by atoms with van der Waals surface area (Å²) >= 11 is 1.49. The third-order valence-electron chi connectivity index (χ3n) is 0.989. The van der Waals surface area contributed by atoms with Gasteiger partial charge in [0.2, 0.25) is 0 Å². The zero-order valence-corrected chi connectivity index (χ0v) is 7.28. The summed E-state index contributed by atoms with van der Waals surface area (Å²) in [7, 11) is -4.01. The summed E-state index contributed by atoms with van der Waals surface area (Å²) in [5.41, 5.74) is 5.09. The van der Waals surface area contributed by atoms with Crippen LogP contribution in [0, 0.1) is 0 Å². The van der Waals surface area contributed by atoms with Crippen molar-refractivity contribution < 1.29 is 13.0 Å². The second-order valence-electron chi connectivity index (χ2n) is 1.83. The molecule has 6 heteroatoms. The number of nitrogens with two attached hydrogens (primary N) is 1. The monoisotopic (exact) mass is 185 g/mol. The van der Waals surface area contributed by atoms with Crippen LogP contribution in [0.4, 0.5) is 0 Å². The van der Waals surface area contributed by atoms with Gasteiger partial charge in [0.1, 0.15) is 5.37 Å². The van der Waals surface area contributed by atoms with Gasteiger partial charge in [-0.15, -0.1) is 0 Å². The van der Waals surface area contributed by atoms with Crippen molar-refractivity contribution in [2.45, 2.75) is 11.8 Å². The summed E-state index contributed by atoms with van der Waals surface area (Å²) in [6.07, 6.45) is 2.14. The van der Waals surface area contributed by atoms with Gasteiger partial charge in [0.05, 0.1) is 0 Å². The van der Waals surface area contributed by atoms with Gasteiger partial charge < -0.3 is 5.73 Å². The standard InChI is InChI=1S/C4H11NO3S2/c1-9-3-2-4(5)10(6,7)8/h4H,2-3,5H2,1H3,(H,6,7,8)/t4-/m1/s1. The Morgan fingerprint density at radius 1 is 1.70 bits per heavy atom. The molecule has 0 bridgehead atoms. The lowest BCUT2D eigenvalue weighted by atomic mass is 10.5. The minimum Gasteiger partial charge on any atom is -0.313 e. The molecule has 0 rings (SSSR count). The van der Waals surface area contributed by atoms with Crippen LogP contribution in [0.25, 0.3) is 0 Å². The molecule has 0 aromatic heterocycles. The summed E-state index contributed by atoms with van der Waals surface area (Å²) < 4.78 is 28.9. The van der Waals surface area contributed by atoms with Gasteiger partial charge in [-0.1, -0.05) is 0 Å². The summed E-state index contributed by atoms with van der Waals surface area (Å²) in [5, 5.41) is -1.13. The van der Waals surface area contributed by atoms with E-state index in [1.54, 1.807) is 0 Å². The lowest BCUT2D eigenvalue weighted by molar-refractivity contribution is 0.466. The molecule has 3 N–H and O–H groups in total. The van der Waals surface area contributed by atoms with Crippen molar-refractivity contribution in [3.05, 3.63) is 0 Å². The maximum Gasteiger partial charge on any atom is 0.280 e. The highest BCUT2D eigenvalue weighted by molar-refractivity contribution is 7.98. The normalized spacial score (nSPS) is 15.1. The van der Waals surface area contributed by atoms with Gasteiger partial charge in [-0.25, -0.2) is 0 Å². The zero-order valence-electron chi connectivity index (χ0n) is 5.65. The maximum atomic E-state index is 10.3. The van der Waals surface area contributed by atoms with Crippen molar-refractivity contribution in [3.8, 4) is 0 Å². The Hall–Kier alpha value is 0.220. The first kappa shape index (κ1) is 10.2. The van der Waals surface area contributed by atoms with Gasteiger partial charge in [0.15, 0.2) is 0 Å². The van der Waals surface area contributed by atoms with Crippen molar-refractivity contribution in [1.82, 2.24) is 0 Å². The molecule has 0 amide bonds. The molecule has 0 aliphatic rings. The molecule has 0 aromatic carbocycles. The minimum absolute atomic E-state index is 0.292. The lowest BCUT2D eigenvalue weighted by Crippen LogP contribution is -2.30. The highest BCUT2D eigenvalue weighted by atomic mass is 32.2. The zero-order chi connectivity index (χ0) is 8.20. The van der Waals surface area contributed by atoms with Crippen LogP contribution in [-0.2, 0) is 10.1 Å². The fraction of sp³-hybridized carbons (Fsp3) is 1.00. The van der Waals surface area contributed by atoms with Crippen molar-refractivity contribution in [1.29, 1.82) is 0 Å². The first-order valence-corrected chi connectivity index (χ1v) is 5.59. The Kier molecular flexibility index (Phi) is 4.26. The summed E-state index contributed by atoms with van der Waals surface area (Å²) in [4.78, 5) is 0. The molecule has 1 atom stereocenters. The molecule has 0 saturated carbocycles. The lowest BCUT2D eigenvalue weighted by Gasteiger charge is -2.05. The van der Waals surface area contributed by atoms with Crippen molar-refractivity contribution in [2.75, 3.05) is 12.0 Å². The average Bonchev–Trinajstić information content (AvgIpc) is 1.80. The maximum absolute atomic E-state index is 10.3. The van der Waals surface area contributed by atoms with E-state index < -0.39 is 15.5 Å². The van der Waals surface area contributed by atoms with Crippen LogP contribution in [-0.4, -0.2) is 30.4 Å². The smallest absolute Gasteiger partial charge is 0.280 e. The Bertz CT molecular complexity index is 177. The fourth-order valence-electron chi connectivity index (χ4n) is 0.383. The van der Waals surface area contributed by atoms with Gasteiger partial charge >= 0.3 is 0 Å². The molecular formula is C4H11NO3S2. The molecule has 0 saturated heterocycles. The van der Waals surface area contributed by atoms with E-state index in [1.807, 2.05) is 6.26 Å². The van der Waals surface area contributed by atoms with Gasteiger partial charge in [-0.05, 0) is 18.4 Å². The summed E-state index contributed by atoms with van der Waals surface area (Å²) in [6, 6.07) is 0. The third-order valence-corrected chi connectivity index (χ3v) is 2.63. The van der Waals surface area contributed by atoms with Crippen LogP contribution >= 0.6 is 11.8 Å². The van der Waals surface area contributed by atoms with Crippen molar-refractivity contribution in [3.63, 3.8) is 0 Å². The van der Waals surface area contributed by atoms with E-state index in [0.29, 0.717) is 12.2 Å². The van der Waals surface area contributed by atoms with E-state index in [0.717, 1.165) is 0 Å². The van der Waals surface area contributed by atoms with E-state index in [4.69, 9.17) is 10.3 Å². The van der Waals surface area contributed by atoms with Crippen LogP contribution in [0.1, 0.15) is 6.42 Å². The van der Waals surface area contributed by atoms with Crippen LogP contribution in [0.15, 0.2) is 0 Å². The quantitative estimate of drug-likeness (QED) is 0.598. The third kappa shape index (κ3) is 4.10. The van der Waals surface area contributed by atoms with Gasteiger partial charge in [-0.3, -0.25) is 4.55 Å². The number of hydrogen-bond acceptors (Lipinski definition) is 4. The molecule has 0 heterocycles. The molecule has 0 spiro atoms. The second kappa shape index (κ2) is 4.17. The van der Waals surface area contributed by atoms with E-state index >= 15 is 0 Å². The Morgan fingerprint density at radius 2 is 2.20 bits per heavy atom. The highest BCUT2D eigenvalue weighted by Gasteiger charge is 2.16. The molecular weight excluding hydrogens is 174 g/mol. The summed E-state index contributed by atoms with van der Waals surface area (Å²) in [5.74, 6) is 0.640. The van der Waals surface area contributed by atoms with Gasteiger partial charge in [-0.2, -0.15) is 20.2 Å². The summed E-state index contributed by atoms with van der Waals surface area (Å²) in [6.45, 7) is 0.